The molecule has 1 aromatic rings. The highest BCUT2D eigenvalue weighted by atomic mass is 16.2. The van der Waals surface area contributed by atoms with Crippen molar-refractivity contribution in [1.29, 1.82) is 0 Å². The largest absolute Gasteiger partial charge is 0.356 e. The van der Waals surface area contributed by atoms with Crippen LogP contribution in [0.5, 0.6) is 0 Å². The number of aryl methyl sites for hydroxylation is 1. The maximum Gasteiger partial charge on any atom is 0.223 e. The van der Waals surface area contributed by atoms with E-state index >= 15 is 0 Å². The van der Waals surface area contributed by atoms with Gasteiger partial charge in [-0.1, -0.05) is 36.8 Å². The number of nitrogens with zero attached hydrogens (tertiary/aromatic N) is 2. The van der Waals surface area contributed by atoms with Crippen LogP contribution >= 0.6 is 0 Å². The van der Waals surface area contributed by atoms with Crippen molar-refractivity contribution < 1.29 is 4.79 Å². The molecule has 0 spiro atoms. The van der Waals surface area contributed by atoms with E-state index in [1.165, 1.54) is 11.1 Å². The molecule has 22 heavy (non-hydrogen) atoms. The first-order valence-electron chi connectivity index (χ1n) is 7.65. The number of amides is 1. The van der Waals surface area contributed by atoms with Crippen molar-refractivity contribution >= 4 is 11.9 Å². The zero-order valence-corrected chi connectivity index (χ0v) is 14.3. The van der Waals surface area contributed by atoms with Crippen molar-refractivity contribution in [1.82, 2.24) is 15.5 Å². The molecule has 0 radical (unpaired) electrons. The van der Waals surface area contributed by atoms with Crippen LogP contribution in [0.25, 0.3) is 0 Å². The molecule has 1 unspecified atom stereocenters. The van der Waals surface area contributed by atoms with Crippen molar-refractivity contribution in [3.63, 3.8) is 0 Å². The van der Waals surface area contributed by atoms with Crippen molar-refractivity contribution in [2.45, 2.75) is 26.2 Å². The fraction of sp³-hybridized carbons (Fsp3) is 0.529. The molecule has 0 bridgehead atoms. The smallest absolute Gasteiger partial charge is 0.223 e. The van der Waals surface area contributed by atoms with Gasteiger partial charge in [0, 0.05) is 40.7 Å². The van der Waals surface area contributed by atoms with Crippen LogP contribution in [-0.4, -0.2) is 51.0 Å². The van der Waals surface area contributed by atoms with E-state index in [0.717, 1.165) is 12.5 Å². The maximum absolute atomic E-state index is 11.5. The Labute approximate surface area is 133 Å². The van der Waals surface area contributed by atoms with Gasteiger partial charge in [-0.15, -0.1) is 0 Å². The van der Waals surface area contributed by atoms with E-state index in [1.807, 2.05) is 0 Å². The SMILES string of the molecule is CN=C(NCCC(=O)N(C)C)NCC(C)c1cccc(C)c1. The topological polar surface area (TPSA) is 56.7 Å². The molecule has 122 valence electrons. The van der Waals surface area contributed by atoms with Crippen LogP contribution in [0.3, 0.4) is 0 Å². The predicted octanol–water partition coefficient (Wildman–Crippen LogP) is 1.74. The van der Waals surface area contributed by atoms with Gasteiger partial charge in [0.15, 0.2) is 5.96 Å². The van der Waals surface area contributed by atoms with Gasteiger partial charge in [-0.25, -0.2) is 0 Å². The molecule has 0 saturated carbocycles. The zero-order valence-electron chi connectivity index (χ0n) is 14.3. The van der Waals surface area contributed by atoms with E-state index in [4.69, 9.17) is 0 Å². The standard InChI is InChI=1S/C17H28N4O/c1-13-7-6-8-15(11-13)14(2)12-20-17(18-3)19-10-9-16(22)21(4)5/h6-8,11,14H,9-10,12H2,1-5H3,(H2,18,19,20). The number of carbonyl (C=O) groups excluding carboxylic acids is 1. The first-order valence-corrected chi connectivity index (χ1v) is 7.65. The first kappa shape index (κ1) is 18.0. The minimum atomic E-state index is 0.107. The Morgan fingerprint density at radius 3 is 2.64 bits per heavy atom. The van der Waals surface area contributed by atoms with Gasteiger partial charge in [-0.05, 0) is 18.4 Å². The van der Waals surface area contributed by atoms with Crippen LogP contribution in [0.1, 0.15) is 30.4 Å². The summed E-state index contributed by atoms with van der Waals surface area (Å²) >= 11 is 0. The van der Waals surface area contributed by atoms with E-state index in [-0.39, 0.29) is 5.91 Å². The lowest BCUT2D eigenvalue weighted by Crippen LogP contribution is -2.40. The quantitative estimate of drug-likeness (QED) is 0.622. The summed E-state index contributed by atoms with van der Waals surface area (Å²) in [6.45, 7) is 5.66. The average molecular weight is 304 g/mol. The Morgan fingerprint density at radius 2 is 2.05 bits per heavy atom. The van der Waals surface area contributed by atoms with Crippen LogP contribution in [-0.2, 0) is 4.79 Å². The highest BCUT2D eigenvalue weighted by Gasteiger charge is 2.08. The summed E-state index contributed by atoms with van der Waals surface area (Å²) in [6.07, 6.45) is 0.459. The van der Waals surface area contributed by atoms with Gasteiger partial charge < -0.3 is 15.5 Å². The van der Waals surface area contributed by atoms with Gasteiger partial charge in [-0.3, -0.25) is 9.79 Å². The van der Waals surface area contributed by atoms with Crippen LogP contribution in [0.4, 0.5) is 0 Å². The van der Waals surface area contributed by atoms with Gasteiger partial charge in [0.1, 0.15) is 0 Å². The summed E-state index contributed by atoms with van der Waals surface area (Å²) in [5.74, 6) is 1.23. The van der Waals surface area contributed by atoms with Crippen molar-refractivity contribution in [2.24, 2.45) is 4.99 Å². The van der Waals surface area contributed by atoms with E-state index in [1.54, 1.807) is 26.0 Å². The normalized spacial score (nSPS) is 12.7. The van der Waals surface area contributed by atoms with Gasteiger partial charge >= 0.3 is 0 Å². The molecule has 1 amide bonds. The minimum absolute atomic E-state index is 0.107. The molecule has 0 aliphatic carbocycles. The second-order valence-electron chi connectivity index (χ2n) is 5.73. The van der Waals surface area contributed by atoms with E-state index < -0.39 is 0 Å². The second-order valence-corrected chi connectivity index (χ2v) is 5.73. The van der Waals surface area contributed by atoms with Crippen LogP contribution < -0.4 is 10.6 Å². The Bertz CT molecular complexity index is 511. The summed E-state index contributed by atoms with van der Waals surface area (Å²) in [7, 11) is 5.26. The molecule has 5 nitrogen and oxygen atoms in total. The molecule has 0 saturated heterocycles. The number of aliphatic imine (C=N–C) groups is 1. The molecule has 0 heterocycles. The first-order chi connectivity index (χ1) is 10.4. The highest BCUT2D eigenvalue weighted by molar-refractivity contribution is 5.81. The lowest BCUT2D eigenvalue weighted by molar-refractivity contribution is -0.128. The Kier molecular flexibility index (Phi) is 7.43. The molecule has 1 atom stereocenters. The predicted molar refractivity (Wildman–Crippen MR) is 92.3 cm³/mol. The molecule has 0 fully saturated rings. The molecule has 2 N–H and O–H groups in total. The fourth-order valence-corrected chi connectivity index (χ4v) is 2.08. The summed E-state index contributed by atoms with van der Waals surface area (Å²) in [5.41, 5.74) is 2.58. The minimum Gasteiger partial charge on any atom is -0.356 e. The molecule has 1 rings (SSSR count). The lowest BCUT2D eigenvalue weighted by Gasteiger charge is -2.17. The third kappa shape index (κ3) is 6.16. The Hall–Kier alpha value is -2.04. The maximum atomic E-state index is 11.5. The lowest BCUT2D eigenvalue weighted by atomic mass is 9.99. The van der Waals surface area contributed by atoms with Gasteiger partial charge in [0.2, 0.25) is 5.91 Å². The van der Waals surface area contributed by atoms with Gasteiger partial charge in [0.05, 0.1) is 0 Å². The molecule has 0 aromatic heterocycles. The van der Waals surface area contributed by atoms with Crippen molar-refractivity contribution in [3.8, 4) is 0 Å². The number of hydrogen-bond acceptors (Lipinski definition) is 2. The zero-order chi connectivity index (χ0) is 16.5. The summed E-state index contributed by atoms with van der Waals surface area (Å²) < 4.78 is 0. The van der Waals surface area contributed by atoms with E-state index in [0.29, 0.717) is 18.9 Å². The van der Waals surface area contributed by atoms with Crippen LogP contribution in [0.15, 0.2) is 29.3 Å². The molecular weight excluding hydrogens is 276 g/mol. The van der Waals surface area contributed by atoms with Crippen LogP contribution in [0, 0.1) is 6.92 Å². The molecular formula is C17H28N4O. The Balaban J connectivity index is 2.39. The number of guanidine groups is 1. The molecule has 0 aliphatic heterocycles. The average Bonchev–Trinajstić information content (AvgIpc) is 2.49. The second kappa shape index (κ2) is 9.07. The number of nitrogens with one attached hydrogen (secondary N) is 2. The van der Waals surface area contributed by atoms with Gasteiger partial charge in [-0.2, -0.15) is 0 Å². The third-order valence-corrected chi connectivity index (χ3v) is 3.54. The van der Waals surface area contributed by atoms with E-state index in [2.05, 4.69) is 53.7 Å². The van der Waals surface area contributed by atoms with Crippen LogP contribution in [0.2, 0.25) is 0 Å². The molecule has 0 aliphatic rings. The van der Waals surface area contributed by atoms with Crippen molar-refractivity contribution in [2.75, 3.05) is 34.2 Å². The number of carbonyl (C=O) groups is 1. The Morgan fingerprint density at radius 1 is 1.32 bits per heavy atom. The number of benzene rings is 1. The van der Waals surface area contributed by atoms with E-state index in [9.17, 15) is 4.79 Å². The molecule has 5 heteroatoms. The fourth-order valence-electron chi connectivity index (χ4n) is 2.08. The third-order valence-electron chi connectivity index (χ3n) is 3.54. The highest BCUT2D eigenvalue weighted by Crippen LogP contribution is 2.15. The van der Waals surface area contributed by atoms with Gasteiger partial charge in [0.25, 0.3) is 0 Å². The van der Waals surface area contributed by atoms with Crippen molar-refractivity contribution in [3.05, 3.63) is 35.4 Å². The summed E-state index contributed by atoms with van der Waals surface area (Å²) in [6, 6.07) is 8.54. The summed E-state index contributed by atoms with van der Waals surface area (Å²) in [5, 5.41) is 6.47. The number of rotatable bonds is 6. The monoisotopic (exact) mass is 304 g/mol. The molecule has 1 aromatic carbocycles. The summed E-state index contributed by atoms with van der Waals surface area (Å²) in [4.78, 5) is 17.3. The number of hydrogen-bond donors (Lipinski definition) is 2.